The molecule has 204 valence electrons. The molecule has 3 aliphatic heterocycles. The normalized spacial score (nSPS) is 25.6. The molecule has 4 aliphatic rings. The molecule has 10 heteroatoms. The van der Waals surface area contributed by atoms with E-state index in [0.29, 0.717) is 19.4 Å². The number of ether oxygens (including phenoxy) is 4. The Morgan fingerprint density at radius 3 is 1.65 bits per heavy atom. The first-order valence-corrected chi connectivity index (χ1v) is 13.2. The van der Waals surface area contributed by atoms with Crippen molar-refractivity contribution >= 4 is 23.9 Å². The van der Waals surface area contributed by atoms with E-state index < -0.39 is 41.1 Å². The lowest BCUT2D eigenvalue weighted by Crippen LogP contribution is -2.65. The molecule has 0 aromatic rings. The lowest BCUT2D eigenvalue weighted by atomic mass is 9.59. The summed E-state index contributed by atoms with van der Waals surface area (Å²) in [7, 11) is 3.71. The fourth-order valence-corrected chi connectivity index (χ4v) is 6.75. The van der Waals surface area contributed by atoms with Crippen molar-refractivity contribution in [1.29, 1.82) is 0 Å². The minimum atomic E-state index is -1.92. The van der Waals surface area contributed by atoms with E-state index in [9.17, 15) is 19.2 Å². The number of likely N-dealkylation sites (N-methyl/N-ethyl adjacent to an activating group) is 1. The first-order chi connectivity index (χ1) is 17.5. The van der Waals surface area contributed by atoms with Crippen molar-refractivity contribution in [1.82, 2.24) is 9.80 Å². The zero-order valence-corrected chi connectivity index (χ0v) is 22.2. The molecule has 0 radical (unpaired) electrons. The predicted molar refractivity (Wildman–Crippen MR) is 131 cm³/mol. The van der Waals surface area contributed by atoms with E-state index in [1.54, 1.807) is 0 Å². The summed E-state index contributed by atoms with van der Waals surface area (Å²) in [5, 5.41) is 0. The number of hydrogen-bond donors (Lipinski definition) is 0. The summed E-state index contributed by atoms with van der Waals surface area (Å²) in [6, 6.07) is 0. The molecule has 0 aromatic carbocycles. The minimum absolute atomic E-state index is 0.0154. The van der Waals surface area contributed by atoms with E-state index in [0.717, 1.165) is 62.8 Å². The Morgan fingerprint density at radius 1 is 0.757 bits per heavy atom. The van der Waals surface area contributed by atoms with Crippen LogP contribution in [0.25, 0.3) is 0 Å². The third-order valence-electron chi connectivity index (χ3n) is 8.31. The van der Waals surface area contributed by atoms with Gasteiger partial charge in [-0.25, -0.2) is 19.2 Å². The summed E-state index contributed by atoms with van der Waals surface area (Å²) >= 11 is 0. The van der Waals surface area contributed by atoms with E-state index in [-0.39, 0.29) is 18.4 Å². The topological polar surface area (TPSA) is 112 Å². The second-order valence-corrected chi connectivity index (χ2v) is 11.1. The Balaban J connectivity index is 1.85. The Morgan fingerprint density at radius 2 is 1.22 bits per heavy atom. The van der Waals surface area contributed by atoms with Crippen LogP contribution in [0.15, 0.2) is 24.3 Å². The average molecular weight is 519 g/mol. The highest BCUT2D eigenvalue weighted by atomic mass is 16.8. The Kier molecular flexibility index (Phi) is 7.54. The van der Waals surface area contributed by atoms with Gasteiger partial charge in [-0.05, 0) is 58.0 Å². The molecule has 0 aromatic heterocycles. The maximum Gasteiger partial charge on any atom is 0.335 e. The summed E-state index contributed by atoms with van der Waals surface area (Å²) in [6.07, 6.45) is 11.0. The Labute approximate surface area is 217 Å². The van der Waals surface area contributed by atoms with E-state index in [1.165, 1.54) is 4.90 Å². The van der Waals surface area contributed by atoms with Crippen molar-refractivity contribution in [2.75, 3.05) is 27.2 Å². The molecular formula is C27H38N2O8. The number of nitrogens with zero attached hydrogens (tertiary/aromatic N) is 2. The number of likely N-dealkylation sites (tertiary alicyclic amines) is 1. The summed E-state index contributed by atoms with van der Waals surface area (Å²) in [5.41, 5.74) is -0.845. The fourth-order valence-electron chi connectivity index (χ4n) is 6.75. The maximum atomic E-state index is 12.9. The third kappa shape index (κ3) is 4.93. The molecule has 1 saturated carbocycles. The van der Waals surface area contributed by atoms with Gasteiger partial charge in [0.25, 0.3) is 0 Å². The largest absolute Gasteiger partial charge is 0.405 e. The molecule has 0 atom stereocenters. The van der Waals surface area contributed by atoms with Gasteiger partial charge in [0, 0.05) is 37.4 Å². The van der Waals surface area contributed by atoms with Gasteiger partial charge in [-0.3, -0.25) is 0 Å². The molecule has 0 amide bonds. The van der Waals surface area contributed by atoms with Crippen LogP contribution in [-0.4, -0.2) is 72.7 Å². The lowest BCUT2D eigenvalue weighted by molar-refractivity contribution is -0.363. The van der Waals surface area contributed by atoms with E-state index >= 15 is 0 Å². The van der Waals surface area contributed by atoms with Crippen molar-refractivity contribution in [3.05, 3.63) is 24.3 Å². The van der Waals surface area contributed by atoms with Crippen LogP contribution in [0.3, 0.4) is 0 Å². The van der Waals surface area contributed by atoms with Crippen LogP contribution in [0.5, 0.6) is 0 Å². The van der Waals surface area contributed by atoms with Crippen LogP contribution in [0.2, 0.25) is 0 Å². The van der Waals surface area contributed by atoms with Crippen LogP contribution >= 0.6 is 0 Å². The van der Waals surface area contributed by atoms with Gasteiger partial charge in [0.15, 0.2) is 0 Å². The van der Waals surface area contributed by atoms with E-state index in [1.807, 2.05) is 19.0 Å². The van der Waals surface area contributed by atoms with Crippen molar-refractivity contribution in [3.8, 4) is 0 Å². The molecule has 0 bridgehead atoms. The molecule has 3 heterocycles. The third-order valence-corrected chi connectivity index (χ3v) is 8.31. The van der Waals surface area contributed by atoms with Gasteiger partial charge in [0.05, 0.1) is 11.8 Å². The molecule has 2 fully saturated rings. The quantitative estimate of drug-likeness (QED) is 0.466. The molecule has 0 unspecified atom stereocenters. The monoisotopic (exact) mass is 518 g/mol. The molecule has 4 rings (SSSR count). The highest BCUT2D eigenvalue weighted by Crippen LogP contribution is 2.65. The van der Waals surface area contributed by atoms with Gasteiger partial charge >= 0.3 is 35.7 Å². The van der Waals surface area contributed by atoms with Crippen LogP contribution in [0, 0.1) is 10.8 Å². The van der Waals surface area contributed by atoms with Crippen LogP contribution < -0.4 is 0 Å². The first kappa shape index (κ1) is 27.3. The Bertz CT molecular complexity index is 944. The zero-order valence-electron chi connectivity index (χ0n) is 22.2. The SMILES string of the molecule is CCCC1(CCC)CCC2(CC1)CC1(OC(=O)C=CC(=O)O1)N(CCN(C)C)C21OC(=O)C=CC(=O)O1. The van der Waals surface area contributed by atoms with Crippen molar-refractivity contribution in [3.63, 3.8) is 0 Å². The van der Waals surface area contributed by atoms with Crippen LogP contribution in [0.1, 0.15) is 71.6 Å². The average Bonchev–Trinajstić information content (AvgIpc) is 2.94. The summed E-state index contributed by atoms with van der Waals surface area (Å²) in [6.45, 7) is 4.90. The summed E-state index contributed by atoms with van der Waals surface area (Å²) in [5.74, 6) is -6.86. The van der Waals surface area contributed by atoms with E-state index in [4.69, 9.17) is 18.9 Å². The molecule has 0 N–H and O–H groups in total. The first-order valence-electron chi connectivity index (χ1n) is 13.2. The second-order valence-electron chi connectivity index (χ2n) is 11.1. The van der Waals surface area contributed by atoms with E-state index in [2.05, 4.69) is 13.8 Å². The van der Waals surface area contributed by atoms with Gasteiger partial charge in [-0.1, -0.05) is 26.7 Å². The smallest absolute Gasteiger partial charge is 0.335 e. The summed E-state index contributed by atoms with van der Waals surface area (Å²) < 4.78 is 23.7. The number of rotatable bonds is 7. The van der Waals surface area contributed by atoms with Gasteiger partial charge in [0.1, 0.15) is 0 Å². The molecular weight excluding hydrogens is 480 g/mol. The maximum absolute atomic E-state index is 12.9. The number of fused-ring (bicyclic) bond motifs is 1. The van der Waals surface area contributed by atoms with Crippen LogP contribution in [-0.2, 0) is 38.1 Å². The lowest BCUT2D eigenvalue weighted by Gasteiger charge is -2.51. The van der Waals surface area contributed by atoms with Crippen LogP contribution in [0.4, 0.5) is 0 Å². The number of hydrogen-bond acceptors (Lipinski definition) is 10. The van der Waals surface area contributed by atoms with Gasteiger partial charge in [-0.15, -0.1) is 0 Å². The summed E-state index contributed by atoms with van der Waals surface area (Å²) in [4.78, 5) is 54.5. The number of esters is 4. The molecule has 1 saturated heterocycles. The highest BCUT2D eigenvalue weighted by Gasteiger charge is 2.78. The molecule has 10 nitrogen and oxygen atoms in total. The molecule has 3 spiro atoms. The van der Waals surface area contributed by atoms with Crippen molar-refractivity contribution in [2.24, 2.45) is 10.8 Å². The fraction of sp³-hybridized carbons (Fsp3) is 0.704. The minimum Gasteiger partial charge on any atom is -0.405 e. The predicted octanol–water partition coefficient (Wildman–Crippen LogP) is 3.02. The van der Waals surface area contributed by atoms with Gasteiger partial charge in [-0.2, -0.15) is 4.90 Å². The van der Waals surface area contributed by atoms with Crippen molar-refractivity contribution < 1.29 is 38.1 Å². The number of carbonyl (C=O) groups is 4. The standard InChI is InChI=1S/C27H38N2O8/c1-5-11-24(12-6-2)13-15-25(16-14-24)19-26(34-20(30)7-8-21(31)35-26)29(18-17-28(3)4)27(25)36-22(32)9-10-23(33)37-27/h7-10H,5-6,11-19H2,1-4H3. The highest BCUT2D eigenvalue weighted by molar-refractivity contribution is 5.94. The van der Waals surface area contributed by atoms with Crippen molar-refractivity contribution in [2.45, 2.75) is 83.5 Å². The molecule has 1 aliphatic carbocycles. The second kappa shape index (κ2) is 10.2. The Hall–Kier alpha value is -2.72. The van der Waals surface area contributed by atoms with Gasteiger partial charge < -0.3 is 23.8 Å². The van der Waals surface area contributed by atoms with Gasteiger partial charge in [0.2, 0.25) is 0 Å². The zero-order chi connectivity index (χ0) is 26.9. The molecule has 37 heavy (non-hydrogen) atoms. The number of carbonyl (C=O) groups excluding carboxylic acids is 4.